The summed E-state index contributed by atoms with van der Waals surface area (Å²) in [6, 6.07) is 8.57. The third-order valence-corrected chi connectivity index (χ3v) is 3.84. The Morgan fingerprint density at radius 2 is 2.05 bits per heavy atom. The summed E-state index contributed by atoms with van der Waals surface area (Å²) in [6.07, 6.45) is 2.76. The Morgan fingerprint density at radius 1 is 1.37 bits per heavy atom. The number of benzene rings is 1. The van der Waals surface area contributed by atoms with Crippen LogP contribution in [0.25, 0.3) is 0 Å². The van der Waals surface area contributed by atoms with Crippen LogP contribution in [0.1, 0.15) is 30.4 Å². The smallest absolute Gasteiger partial charge is 0.0933 e. The molecule has 0 saturated carbocycles. The molecule has 0 amide bonds. The van der Waals surface area contributed by atoms with E-state index in [0.717, 1.165) is 19.5 Å². The van der Waals surface area contributed by atoms with Crippen LogP contribution < -0.4 is 0 Å². The lowest BCUT2D eigenvalue weighted by molar-refractivity contribution is -0.115. The summed E-state index contributed by atoms with van der Waals surface area (Å²) in [4.78, 5) is 5.34. The Labute approximate surface area is 115 Å². The van der Waals surface area contributed by atoms with Gasteiger partial charge in [-0.1, -0.05) is 36.8 Å². The first-order chi connectivity index (χ1) is 9.15. The van der Waals surface area contributed by atoms with Gasteiger partial charge >= 0.3 is 0 Å². The molecule has 3 heteroatoms. The molecule has 0 spiro atoms. The van der Waals surface area contributed by atoms with Crippen molar-refractivity contribution in [3.8, 4) is 0 Å². The molecule has 1 N–H and O–H groups in total. The molecule has 1 aliphatic rings. The van der Waals surface area contributed by atoms with Gasteiger partial charge in [-0.2, -0.15) is 5.06 Å². The van der Waals surface area contributed by atoms with Gasteiger partial charge in [-0.3, -0.25) is 0 Å². The highest BCUT2D eigenvalue weighted by atomic mass is 16.7. The zero-order chi connectivity index (χ0) is 13.8. The molecule has 0 bridgehead atoms. The average molecular weight is 261 g/mol. The second-order valence-electron chi connectivity index (χ2n) is 5.19. The molecule has 19 heavy (non-hydrogen) atoms. The zero-order valence-electron chi connectivity index (χ0n) is 12.0. The highest BCUT2D eigenvalue weighted by Gasteiger charge is 2.36. The highest BCUT2D eigenvalue weighted by molar-refractivity contribution is 5.28. The predicted molar refractivity (Wildman–Crippen MR) is 77.0 cm³/mol. The minimum atomic E-state index is 0.127. The van der Waals surface area contributed by atoms with Crippen LogP contribution in [0.15, 0.2) is 36.1 Å². The highest BCUT2D eigenvalue weighted by Crippen LogP contribution is 2.36. The standard InChI is InChI=1S/C16H23NO2/c1-4-5-16(18)15-11-17(19-3)10-14(15)13-8-6-12(2)7-9-13/h5-9,14-15,18H,4,10-11H2,1-3H3/b16-5-/t14?,15-/m0/s1. The van der Waals surface area contributed by atoms with E-state index >= 15 is 0 Å². The van der Waals surface area contributed by atoms with Crippen LogP contribution in [0.5, 0.6) is 0 Å². The van der Waals surface area contributed by atoms with E-state index in [-0.39, 0.29) is 5.92 Å². The topological polar surface area (TPSA) is 32.7 Å². The summed E-state index contributed by atoms with van der Waals surface area (Å²) in [5.74, 6) is 0.915. The molecule has 0 aliphatic carbocycles. The monoisotopic (exact) mass is 261 g/mol. The first kappa shape index (κ1) is 14.1. The van der Waals surface area contributed by atoms with Gasteiger partial charge in [-0.25, -0.2) is 0 Å². The lowest BCUT2D eigenvalue weighted by atomic mass is 9.87. The molecule has 1 heterocycles. The molecule has 2 rings (SSSR count). The first-order valence-corrected chi connectivity index (χ1v) is 6.90. The fourth-order valence-corrected chi connectivity index (χ4v) is 2.73. The number of nitrogens with zero attached hydrogens (tertiary/aromatic N) is 1. The Bertz CT molecular complexity index is 439. The van der Waals surface area contributed by atoms with Gasteiger partial charge in [0.1, 0.15) is 0 Å². The molecular weight excluding hydrogens is 238 g/mol. The van der Waals surface area contributed by atoms with Gasteiger partial charge in [-0.05, 0) is 25.0 Å². The molecule has 1 aromatic rings. The maximum absolute atomic E-state index is 10.2. The van der Waals surface area contributed by atoms with Crippen molar-refractivity contribution in [3.05, 3.63) is 47.2 Å². The van der Waals surface area contributed by atoms with Gasteiger partial charge in [0.25, 0.3) is 0 Å². The van der Waals surface area contributed by atoms with Crippen molar-refractivity contribution in [1.29, 1.82) is 0 Å². The van der Waals surface area contributed by atoms with E-state index in [4.69, 9.17) is 4.84 Å². The van der Waals surface area contributed by atoms with Gasteiger partial charge < -0.3 is 9.94 Å². The van der Waals surface area contributed by atoms with Crippen molar-refractivity contribution in [2.75, 3.05) is 20.2 Å². The van der Waals surface area contributed by atoms with Crippen molar-refractivity contribution in [3.63, 3.8) is 0 Å². The molecule has 0 radical (unpaired) electrons. The van der Waals surface area contributed by atoms with Gasteiger partial charge in [0.05, 0.1) is 12.9 Å². The number of hydrogen-bond donors (Lipinski definition) is 1. The Morgan fingerprint density at radius 3 is 2.63 bits per heavy atom. The first-order valence-electron chi connectivity index (χ1n) is 6.90. The Balaban J connectivity index is 2.24. The molecule has 104 valence electrons. The predicted octanol–water partition coefficient (Wildman–Crippen LogP) is 3.42. The van der Waals surface area contributed by atoms with Crippen LogP contribution in [-0.2, 0) is 4.84 Å². The molecular formula is C16H23NO2. The number of aryl methyl sites for hydroxylation is 1. The normalized spacial score (nSPS) is 24.9. The lowest BCUT2D eigenvalue weighted by Gasteiger charge is -2.18. The summed E-state index contributed by atoms with van der Waals surface area (Å²) in [6.45, 7) is 5.70. The quantitative estimate of drug-likeness (QED) is 0.843. The molecule has 3 nitrogen and oxygen atoms in total. The maximum Gasteiger partial charge on any atom is 0.0933 e. The Hall–Kier alpha value is -1.32. The number of aliphatic hydroxyl groups is 1. The van der Waals surface area contributed by atoms with E-state index in [9.17, 15) is 5.11 Å². The van der Waals surface area contributed by atoms with Crippen LogP contribution >= 0.6 is 0 Å². The third-order valence-electron chi connectivity index (χ3n) is 3.84. The summed E-state index contributed by atoms with van der Waals surface area (Å²) in [5, 5.41) is 12.2. The molecule has 1 saturated heterocycles. The SMILES string of the molecule is CC/C=C(\O)[C@H]1CN(OC)CC1c1ccc(C)cc1. The van der Waals surface area contributed by atoms with E-state index < -0.39 is 0 Å². The van der Waals surface area contributed by atoms with Crippen molar-refractivity contribution < 1.29 is 9.94 Å². The van der Waals surface area contributed by atoms with Crippen molar-refractivity contribution in [1.82, 2.24) is 5.06 Å². The lowest BCUT2D eigenvalue weighted by Crippen LogP contribution is -2.19. The minimum absolute atomic E-state index is 0.127. The van der Waals surface area contributed by atoms with Crippen LogP contribution in [0.2, 0.25) is 0 Å². The fraction of sp³-hybridized carbons (Fsp3) is 0.500. The second-order valence-corrected chi connectivity index (χ2v) is 5.19. The number of hydrogen-bond acceptors (Lipinski definition) is 3. The van der Waals surface area contributed by atoms with E-state index in [2.05, 4.69) is 31.2 Å². The maximum atomic E-state index is 10.2. The molecule has 2 atom stereocenters. The fourth-order valence-electron chi connectivity index (χ4n) is 2.73. The summed E-state index contributed by atoms with van der Waals surface area (Å²) in [5.41, 5.74) is 2.53. The number of rotatable bonds is 4. The largest absolute Gasteiger partial charge is 0.512 e. The molecule has 1 aromatic carbocycles. The van der Waals surface area contributed by atoms with E-state index in [1.165, 1.54) is 11.1 Å². The third kappa shape index (κ3) is 3.17. The van der Waals surface area contributed by atoms with Crippen LogP contribution in [-0.4, -0.2) is 30.4 Å². The molecule has 1 aliphatic heterocycles. The van der Waals surface area contributed by atoms with E-state index in [1.807, 2.05) is 18.1 Å². The van der Waals surface area contributed by atoms with E-state index in [0.29, 0.717) is 11.7 Å². The zero-order valence-corrected chi connectivity index (χ0v) is 12.0. The summed E-state index contributed by atoms with van der Waals surface area (Å²) >= 11 is 0. The second kappa shape index (κ2) is 6.22. The molecule has 0 aromatic heterocycles. The van der Waals surface area contributed by atoms with Crippen molar-refractivity contribution in [2.24, 2.45) is 5.92 Å². The van der Waals surface area contributed by atoms with Gasteiger partial charge in [0.15, 0.2) is 0 Å². The van der Waals surface area contributed by atoms with Crippen molar-refractivity contribution in [2.45, 2.75) is 26.2 Å². The van der Waals surface area contributed by atoms with Gasteiger partial charge in [0.2, 0.25) is 0 Å². The minimum Gasteiger partial charge on any atom is -0.512 e. The average Bonchev–Trinajstić information content (AvgIpc) is 2.84. The van der Waals surface area contributed by atoms with E-state index in [1.54, 1.807) is 7.11 Å². The number of aliphatic hydroxyl groups excluding tert-OH is 1. The summed E-state index contributed by atoms with van der Waals surface area (Å²) < 4.78 is 0. The van der Waals surface area contributed by atoms with Crippen LogP contribution in [0.4, 0.5) is 0 Å². The summed E-state index contributed by atoms with van der Waals surface area (Å²) in [7, 11) is 1.69. The van der Waals surface area contributed by atoms with Gasteiger partial charge in [-0.15, -0.1) is 0 Å². The molecule has 1 fully saturated rings. The number of allylic oxidation sites excluding steroid dienone is 1. The van der Waals surface area contributed by atoms with Crippen LogP contribution in [0.3, 0.4) is 0 Å². The van der Waals surface area contributed by atoms with Gasteiger partial charge in [0, 0.05) is 24.9 Å². The Kier molecular flexibility index (Phi) is 4.61. The molecule has 1 unspecified atom stereocenters. The van der Waals surface area contributed by atoms with Crippen molar-refractivity contribution >= 4 is 0 Å². The number of hydroxylamine groups is 2. The van der Waals surface area contributed by atoms with Crippen LogP contribution in [0, 0.1) is 12.8 Å².